The molecular formula is C18H15NO2. The van der Waals surface area contributed by atoms with Gasteiger partial charge in [0.2, 0.25) is 5.78 Å². The van der Waals surface area contributed by atoms with E-state index in [1.807, 2.05) is 25.1 Å². The highest BCUT2D eigenvalue weighted by Crippen LogP contribution is 2.16. The molecule has 0 aromatic heterocycles. The molecule has 2 rings (SSSR count). The summed E-state index contributed by atoms with van der Waals surface area (Å²) in [5.41, 5.74) is 2.49. The molecule has 0 saturated heterocycles. The lowest BCUT2D eigenvalue weighted by molar-refractivity contribution is 0.104. The number of Topliss-reactive ketones (excluding diaryl/α,β-unsaturated/α-hetero) is 1. The maximum atomic E-state index is 12.3. The van der Waals surface area contributed by atoms with Gasteiger partial charge in [0, 0.05) is 5.56 Å². The van der Waals surface area contributed by atoms with E-state index in [0.29, 0.717) is 5.56 Å². The van der Waals surface area contributed by atoms with Crippen LogP contribution in [0, 0.1) is 18.3 Å². The first-order valence-corrected chi connectivity index (χ1v) is 6.51. The maximum absolute atomic E-state index is 12.3. The van der Waals surface area contributed by atoms with Crippen molar-refractivity contribution in [3.05, 3.63) is 70.8 Å². The van der Waals surface area contributed by atoms with Crippen LogP contribution < -0.4 is 4.74 Å². The summed E-state index contributed by atoms with van der Waals surface area (Å²) in [6.07, 6.45) is 1.58. The minimum absolute atomic E-state index is 0.115. The number of nitriles is 1. The van der Waals surface area contributed by atoms with Crippen molar-refractivity contribution in [3.8, 4) is 11.8 Å². The van der Waals surface area contributed by atoms with Gasteiger partial charge in [-0.05, 0) is 30.7 Å². The van der Waals surface area contributed by atoms with Crippen LogP contribution in [0.15, 0.2) is 54.1 Å². The van der Waals surface area contributed by atoms with Crippen molar-refractivity contribution >= 4 is 11.9 Å². The van der Waals surface area contributed by atoms with Crippen molar-refractivity contribution in [1.82, 2.24) is 0 Å². The predicted molar refractivity (Wildman–Crippen MR) is 82.1 cm³/mol. The van der Waals surface area contributed by atoms with Crippen LogP contribution in [-0.2, 0) is 0 Å². The standard InChI is InChI=1S/C18H15NO2/c1-13-3-7-15(8-4-13)18(20)16(12-19)11-14-5-9-17(21-2)10-6-14/h3-11H,1-2H3/b16-11+. The minimum Gasteiger partial charge on any atom is -0.497 e. The Morgan fingerprint density at radius 3 is 2.24 bits per heavy atom. The molecule has 2 aromatic carbocycles. The van der Waals surface area contributed by atoms with E-state index in [0.717, 1.165) is 16.9 Å². The lowest BCUT2D eigenvalue weighted by Crippen LogP contribution is -2.01. The van der Waals surface area contributed by atoms with Gasteiger partial charge in [0.25, 0.3) is 0 Å². The molecule has 0 heterocycles. The summed E-state index contributed by atoms with van der Waals surface area (Å²) < 4.78 is 5.08. The van der Waals surface area contributed by atoms with E-state index in [1.54, 1.807) is 49.6 Å². The lowest BCUT2D eigenvalue weighted by atomic mass is 10.0. The van der Waals surface area contributed by atoms with Gasteiger partial charge in [0.15, 0.2) is 0 Å². The zero-order valence-corrected chi connectivity index (χ0v) is 12.0. The number of ketones is 1. The van der Waals surface area contributed by atoms with Gasteiger partial charge >= 0.3 is 0 Å². The zero-order chi connectivity index (χ0) is 15.2. The van der Waals surface area contributed by atoms with Crippen LogP contribution in [0.4, 0.5) is 0 Å². The van der Waals surface area contributed by atoms with Gasteiger partial charge in [-0.15, -0.1) is 0 Å². The van der Waals surface area contributed by atoms with E-state index < -0.39 is 0 Å². The summed E-state index contributed by atoms with van der Waals surface area (Å²) in [6, 6.07) is 16.3. The monoisotopic (exact) mass is 277 g/mol. The fourth-order valence-corrected chi connectivity index (χ4v) is 1.88. The Morgan fingerprint density at radius 2 is 1.71 bits per heavy atom. The number of hydrogen-bond acceptors (Lipinski definition) is 3. The topological polar surface area (TPSA) is 50.1 Å². The first-order valence-electron chi connectivity index (χ1n) is 6.51. The molecule has 0 aliphatic heterocycles. The van der Waals surface area contributed by atoms with E-state index in [4.69, 9.17) is 4.74 Å². The molecule has 0 fully saturated rings. The summed E-state index contributed by atoms with van der Waals surface area (Å²) in [5, 5.41) is 9.21. The molecule has 21 heavy (non-hydrogen) atoms. The number of methoxy groups -OCH3 is 1. The Morgan fingerprint density at radius 1 is 1.10 bits per heavy atom. The van der Waals surface area contributed by atoms with Crippen LogP contribution in [-0.4, -0.2) is 12.9 Å². The second kappa shape index (κ2) is 6.53. The molecule has 0 N–H and O–H groups in total. The smallest absolute Gasteiger partial charge is 0.203 e. The van der Waals surface area contributed by atoms with Crippen LogP contribution in [0.5, 0.6) is 5.75 Å². The molecule has 0 radical (unpaired) electrons. The van der Waals surface area contributed by atoms with Crippen molar-refractivity contribution in [1.29, 1.82) is 5.26 Å². The van der Waals surface area contributed by atoms with Crippen LogP contribution >= 0.6 is 0 Å². The molecule has 0 spiro atoms. The van der Waals surface area contributed by atoms with Gasteiger partial charge in [-0.3, -0.25) is 4.79 Å². The molecule has 0 atom stereocenters. The van der Waals surface area contributed by atoms with Crippen LogP contribution in [0.25, 0.3) is 6.08 Å². The van der Waals surface area contributed by atoms with Gasteiger partial charge in [-0.25, -0.2) is 0 Å². The van der Waals surface area contributed by atoms with Crippen LogP contribution in [0.2, 0.25) is 0 Å². The fraction of sp³-hybridized carbons (Fsp3) is 0.111. The number of benzene rings is 2. The summed E-state index contributed by atoms with van der Waals surface area (Å²) in [5.74, 6) is 0.462. The number of nitrogens with zero attached hydrogens (tertiary/aromatic N) is 1. The fourth-order valence-electron chi connectivity index (χ4n) is 1.88. The Bertz CT molecular complexity index is 704. The van der Waals surface area contributed by atoms with Crippen molar-refractivity contribution in [2.24, 2.45) is 0 Å². The number of carbonyl (C=O) groups excluding carboxylic acids is 1. The van der Waals surface area contributed by atoms with E-state index in [-0.39, 0.29) is 11.4 Å². The van der Waals surface area contributed by atoms with Gasteiger partial charge in [0.05, 0.1) is 7.11 Å². The average Bonchev–Trinajstić information content (AvgIpc) is 2.53. The Kier molecular flexibility index (Phi) is 4.53. The number of aryl methyl sites for hydroxylation is 1. The molecule has 2 aromatic rings. The lowest BCUT2D eigenvalue weighted by Gasteiger charge is -2.02. The molecule has 0 unspecified atom stereocenters. The minimum atomic E-state index is -0.270. The van der Waals surface area contributed by atoms with Crippen LogP contribution in [0.1, 0.15) is 21.5 Å². The molecule has 3 heteroatoms. The number of carbonyl (C=O) groups is 1. The Balaban J connectivity index is 2.29. The van der Waals surface area contributed by atoms with Gasteiger partial charge < -0.3 is 4.74 Å². The van der Waals surface area contributed by atoms with Crippen molar-refractivity contribution in [3.63, 3.8) is 0 Å². The molecule has 104 valence electrons. The Hall–Kier alpha value is -2.86. The van der Waals surface area contributed by atoms with E-state index in [2.05, 4.69) is 0 Å². The second-order valence-electron chi connectivity index (χ2n) is 4.64. The molecule has 3 nitrogen and oxygen atoms in total. The number of ether oxygens (including phenoxy) is 1. The largest absolute Gasteiger partial charge is 0.497 e. The SMILES string of the molecule is COc1ccc(/C=C(\C#N)C(=O)c2ccc(C)cc2)cc1. The highest BCUT2D eigenvalue weighted by Gasteiger charge is 2.11. The molecule has 0 saturated carbocycles. The molecule has 0 aliphatic carbocycles. The summed E-state index contributed by atoms with van der Waals surface area (Å²) >= 11 is 0. The average molecular weight is 277 g/mol. The normalized spacial score (nSPS) is 10.8. The van der Waals surface area contributed by atoms with E-state index in [9.17, 15) is 10.1 Å². The first-order chi connectivity index (χ1) is 10.1. The number of rotatable bonds is 4. The third-order valence-electron chi connectivity index (χ3n) is 3.11. The third-order valence-corrected chi connectivity index (χ3v) is 3.11. The third kappa shape index (κ3) is 3.58. The van der Waals surface area contributed by atoms with Crippen molar-refractivity contribution in [2.75, 3.05) is 7.11 Å². The molecule has 0 amide bonds. The van der Waals surface area contributed by atoms with Gasteiger partial charge in [-0.2, -0.15) is 5.26 Å². The maximum Gasteiger partial charge on any atom is 0.203 e. The molecule has 0 bridgehead atoms. The Labute approximate surface area is 124 Å². The van der Waals surface area contributed by atoms with Gasteiger partial charge in [0.1, 0.15) is 17.4 Å². The highest BCUT2D eigenvalue weighted by molar-refractivity contribution is 6.14. The van der Waals surface area contributed by atoms with Crippen molar-refractivity contribution < 1.29 is 9.53 Å². The van der Waals surface area contributed by atoms with Crippen molar-refractivity contribution in [2.45, 2.75) is 6.92 Å². The second-order valence-corrected chi connectivity index (χ2v) is 4.64. The predicted octanol–water partition coefficient (Wildman–Crippen LogP) is 3.79. The van der Waals surface area contributed by atoms with E-state index in [1.165, 1.54) is 0 Å². The zero-order valence-electron chi connectivity index (χ0n) is 12.0. The summed E-state index contributed by atoms with van der Waals surface area (Å²) in [7, 11) is 1.59. The van der Waals surface area contributed by atoms with Crippen LogP contribution in [0.3, 0.4) is 0 Å². The van der Waals surface area contributed by atoms with E-state index >= 15 is 0 Å². The quantitative estimate of drug-likeness (QED) is 0.485. The molecular weight excluding hydrogens is 262 g/mol. The summed E-state index contributed by atoms with van der Waals surface area (Å²) in [6.45, 7) is 1.95. The number of allylic oxidation sites excluding steroid dienone is 1. The first kappa shape index (κ1) is 14.5. The highest BCUT2D eigenvalue weighted by atomic mass is 16.5. The number of hydrogen-bond donors (Lipinski definition) is 0. The molecule has 0 aliphatic rings. The summed E-state index contributed by atoms with van der Waals surface area (Å²) in [4.78, 5) is 12.3. The van der Waals surface area contributed by atoms with Gasteiger partial charge in [-0.1, -0.05) is 42.0 Å².